The first-order chi connectivity index (χ1) is 61.9. The molecule has 3 aliphatic heterocycles. The van der Waals surface area contributed by atoms with E-state index in [0.717, 1.165) is 29.7 Å². The van der Waals surface area contributed by atoms with Crippen LogP contribution in [-0.4, -0.2) is 278 Å². The number of nitrogens with two attached hydrogens (primary N) is 3. The van der Waals surface area contributed by atoms with Gasteiger partial charge in [0.15, 0.2) is 17.0 Å². The molecule has 2 saturated heterocycles. The number of aliphatic hydroxyl groups is 2. The summed E-state index contributed by atoms with van der Waals surface area (Å²) in [7, 11) is 3.02. The van der Waals surface area contributed by atoms with E-state index < -0.39 is 83.8 Å². The molecule has 8 heterocycles. The van der Waals surface area contributed by atoms with E-state index in [-0.39, 0.29) is 80.1 Å². The number of hydrogen-bond acceptors (Lipinski definition) is 32. The second-order valence-electron chi connectivity index (χ2n) is 33.7. The van der Waals surface area contributed by atoms with Crippen LogP contribution in [0.5, 0.6) is 0 Å². The van der Waals surface area contributed by atoms with Crippen LogP contribution in [0.15, 0.2) is 106 Å². The number of ether oxygens (including phenoxy) is 13. The number of piperidine rings is 1. The molecule has 1 saturated carbocycles. The summed E-state index contributed by atoms with van der Waals surface area (Å²) < 4.78 is 90.3. The number of anilines is 2. The van der Waals surface area contributed by atoms with E-state index in [0.29, 0.717) is 241 Å². The summed E-state index contributed by atoms with van der Waals surface area (Å²) in [6.07, 6.45) is 19.2. The summed E-state index contributed by atoms with van der Waals surface area (Å²) in [5.41, 5.74) is 24.4. The molecule has 2 bridgehead atoms. The van der Waals surface area contributed by atoms with Crippen LogP contribution in [0.3, 0.4) is 0 Å². The number of nitrogen functional groups attached to an aromatic ring is 2. The van der Waals surface area contributed by atoms with Crippen molar-refractivity contribution in [1.29, 1.82) is 0 Å². The van der Waals surface area contributed by atoms with Crippen molar-refractivity contribution >= 4 is 69.3 Å². The Morgan fingerprint density at radius 3 is 2.15 bits per heavy atom. The largest absolute Gasteiger partial charge is 0.469 e. The van der Waals surface area contributed by atoms with Gasteiger partial charge in [0.25, 0.3) is 17.7 Å². The van der Waals surface area contributed by atoms with Gasteiger partial charge in [0.1, 0.15) is 65.9 Å². The van der Waals surface area contributed by atoms with Crippen LogP contribution in [-0.2, 0) is 105 Å². The summed E-state index contributed by atoms with van der Waals surface area (Å²) in [5.74, 6) is -7.70. The Morgan fingerprint density at radius 2 is 1.45 bits per heavy atom. The molecule has 36 nitrogen and oxygen atoms in total. The molecule has 128 heavy (non-hydrogen) atoms. The molecule has 6 aromatic rings. The van der Waals surface area contributed by atoms with E-state index in [1.165, 1.54) is 18.3 Å². The van der Waals surface area contributed by atoms with Gasteiger partial charge in [0.05, 0.1) is 135 Å². The molecule has 2 amide bonds. The number of aromatic nitrogens is 8. The zero-order chi connectivity index (χ0) is 91.3. The number of rotatable bonds is 42. The third kappa shape index (κ3) is 30.5. The quantitative estimate of drug-likeness (QED) is 0.00899. The monoisotopic (exact) mass is 1790 g/mol. The van der Waals surface area contributed by atoms with E-state index in [2.05, 4.69) is 30.6 Å². The number of furan rings is 1. The number of cyclic esters (lactones) is 1. The minimum Gasteiger partial charge on any atom is -0.469 e. The van der Waals surface area contributed by atoms with E-state index in [9.17, 15) is 39.0 Å². The van der Waals surface area contributed by atoms with Gasteiger partial charge >= 0.3 is 12.1 Å². The van der Waals surface area contributed by atoms with Crippen LogP contribution in [0.25, 0.3) is 33.4 Å². The van der Waals surface area contributed by atoms with E-state index in [4.69, 9.17) is 92.7 Å². The Kier molecular flexibility index (Phi) is 41.6. The van der Waals surface area contributed by atoms with Crippen LogP contribution in [0.4, 0.5) is 16.6 Å². The van der Waals surface area contributed by atoms with Gasteiger partial charge in [-0.1, -0.05) is 74.9 Å². The SMILES string of the molecule is CO[C@@H]1CC(CC(N)C2CC(=O)C(C)/C=C(\C)C(O)[C@@H](OC)C(=O)C(C)CC(C)/C=C/C=C/C=C(\C)C(c3ccco3)C[C@@H]3CC[C@@H](C)[C@@](O)(O3)C(=O)C(=O)N3CCCC[C@H]3C(=O)O2)CCC1OCCCCc1cn(CCOCCOCCOCCOCCOCCOCCOCCOC(=O)NCCCCn2nc(-c3ccc4oc(N)nc4c3)c3c(N)ncnc32)nn1. The molecule has 15 atom stereocenters. The van der Waals surface area contributed by atoms with Crippen molar-refractivity contribution in [3.63, 3.8) is 0 Å². The van der Waals surface area contributed by atoms with Gasteiger partial charge in [0, 0.05) is 88.4 Å². The highest BCUT2D eigenvalue weighted by Crippen LogP contribution is 2.41. The Bertz CT molecular complexity index is 4550. The number of hydrogen-bond donors (Lipinski definition) is 6. The van der Waals surface area contributed by atoms with Crippen LogP contribution in [0.1, 0.15) is 162 Å². The maximum absolute atomic E-state index is 14.8. The number of carbonyl (C=O) groups is 6. The van der Waals surface area contributed by atoms with Crippen molar-refractivity contribution in [3.8, 4) is 11.3 Å². The standard InChI is InChI=1S/C92H135N13O23/c1-60-19-10-9-11-20-61(2)70(75-23-18-35-123-75)56-69-27-24-65(6)92(113,128-69)85(109)88(110)104-31-15-12-22-73(104)89(111)126-78(57-74(106)62(3)52-64(5)83(108)84(115-8)82(107)63(4)51-60)71(93)53-66-25-28-77(79(54-66)114-7)124-34-17-13-21-68-58-103(102-100-68)33-36-116-37-38-117-39-40-118-41-42-119-43-44-120-45-46-121-47-48-122-49-50-125-91(112)96-30-14-16-32-105-87-80(86(94)97-59-98-87)81(101-105)67-26-29-76-72(55-67)99-90(95)127-76/h9-11,18-20,23,26,29,35,52,55,58-60,62-63,65-66,69-71,73,77-79,83-84,108,113H,12-17,21-22,24-25,27-28,30-34,36-51,53-54,56-57,93H2,1-8H3,(H2,95,99)(H,96,112)(H2,94,97,98)/b11-9+,19-10+,61-20+,64-52+/t60?,62?,63?,65-,66?,69+,70?,71?,73+,77?,78?,79-,83?,84+,92-/m1/s1. The average molecular weight is 1790 g/mol. The maximum atomic E-state index is 14.8. The molecule has 4 aliphatic rings. The summed E-state index contributed by atoms with van der Waals surface area (Å²) >= 11 is 0. The summed E-state index contributed by atoms with van der Waals surface area (Å²) in [4.78, 5) is 98.9. The molecule has 5 aromatic heterocycles. The maximum Gasteiger partial charge on any atom is 0.407 e. The third-order valence-electron chi connectivity index (χ3n) is 24.1. The number of carbonyl (C=O) groups excluding carboxylic acids is 6. The number of alkyl carbamates (subject to hydrolysis) is 1. The van der Waals surface area contributed by atoms with Crippen molar-refractivity contribution in [2.24, 2.45) is 35.3 Å². The number of nitrogens with one attached hydrogen (secondary N) is 1. The van der Waals surface area contributed by atoms with E-state index >= 15 is 0 Å². The zero-order valence-corrected chi connectivity index (χ0v) is 75.6. The Balaban J connectivity index is 0.560. The first-order valence-corrected chi connectivity index (χ1v) is 45.3. The lowest BCUT2D eigenvalue weighted by atomic mass is 9.80. The fourth-order valence-electron chi connectivity index (χ4n) is 16.7. The predicted octanol–water partition coefficient (Wildman–Crippen LogP) is 9.31. The molecular weight excluding hydrogens is 1660 g/mol. The first-order valence-electron chi connectivity index (χ1n) is 45.3. The van der Waals surface area contributed by atoms with Gasteiger partial charge in [-0.15, -0.1) is 5.10 Å². The zero-order valence-electron chi connectivity index (χ0n) is 75.6. The molecule has 9 unspecified atom stereocenters. The lowest BCUT2D eigenvalue weighted by Gasteiger charge is -2.42. The second-order valence-corrected chi connectivity index (χ2v) is 33.7. The van der Waals surface area contributed by atoms with Crippen molar-refractivity contribution < 1.29 is 109 Å². The van der Waals surface area contributed by atoms with Crippen LogP contribution in [0.2, 0.25) is 0 Å². The van der Waals surface area contributed by atoms with Crippen LogP contribution < -0.4 is 22.5 Å². The lowest BCUT2D eigenvalue weighted by Crippen LogP contribution is -2.61. The Labute approximate surface area is 748 Å². The van der Waals surface area contributed by atoms with Gasteiger partial charge in [0.2, 0.25) is 5.79 Å². The summed E-state index contributed by atoms with van der Waals surface area (Å²) in [6.45, 7) is 18.4. The fraction of sp³-hybridized carbons (Fsp3) is 0.652. The number of Topliss-reactive ketones (excluding diaryl/α,β-unsaturated/α-hetero) is 3. The highest BCUT2D eigenvalue weighted by Gasteiger charge is 2.53. The third-order valence-corrected chi connectivity index (χ3v) is 24.1. The highest BCUT2D eigenvalue weighted by atomic mass is 16.6. The number of fused-ring (bicyclic) bond motifs is 5. The molecule has 0 radical (unpaired) electrons. The normalized spacial score (nSPS) is 26.4. The number of nitrogens with zero attached hydrogens (tertiary/aromatic N) is 9. The number of esters is 1. The van der Waals surface area contributed by atoms with Gasteiger partial charge in [-0.25, -0.2) is 28.9 Å². The molecular formula is C92H135N13O23. The van der Waals surface area contributed by atoms with E-state index in [1.54, 1.807) is 61.7 Å². The molecule has 1 aromatic carbocycles. The van der Waals surface area contributed by atoms with E-state index in [1.807, 2.05) is 75.5 Å². The number of allylic oxidation sites excluding steroid dienone is 7. The minimum absolute atomic E-state index is 0.0200. The average Bonchev–Trinajstić information content (AvgIpc) is 1.59. The van der Waals surface area contributed by atoms with Crippen molar-refractivity contribution in [2.45, 2.75) is 224 Å². The summed E-state index contributed by atoms with van der Waals surface area (Å²) in [6, 6.07) is 7.08. The number of oxazole rings is 1. The van der Waals surface area contributed by atoms with Crippen molar-refractivity contribution in [1.82, 2.24) is 49.9 Å². The number of ketones is 3. The summed E-state index contributed by atoms with van der Waals surface area (Å²) in [5, 5.41) is 40.8. The Morgan fingerprint density at radius 1 is 0.742 bits per heavy atom. The van der Waals surface area contributed by atoms with Crippen LogP contribution in [0, 0.1) is 29.6 Å². The van der Waals surface area contributed by atoms with Crippen molar-refractivity contribution in [2.75, 3.05) is 144 Å². The highest BCUT2D eigenvalue weighted by molar-refractivity contribution is 6.39. The molecule has 10 rings (SSSR count). The van der Waals surface area contributed by atoms with Gasteiger partial charge < -0.3 is 108 Å². The predicted molar refractivity (Wildman–Crippen MR) is 473 cm³/mol. The number of aliphatic hydroxyl groups excluding tert-OH is 1. The topological polar surface area (TPSA) is 470 Å². The van der Waals surface area contributed by atoms with Gasteiger partial charge in [-0.2, -0.15) is 10.1 Å². The number of unbranched alkanes of at least 4 members (excludes halogenated alkanes) is 2. The van der Waals surface area contributed by atoms with Crippen molar-refractivity contribution in [3.05, 3.63) is 108 Å². The van der Waals surface area contributed by atoms with Gasteiger partial charge in [-0.05, 0) is 164 Å². The number of amides is 2. The molecule has 3 fully saturated rings. The lowest BCUT2D eigenvalue weighted by molar-refractivity contribution is -0.264. The molecule has 9 N–H and O–H groups in total. The molecule has 0 spiro atoms. The molecule has 706 valence electrons. The Hall–Kier alpha value is -9.12. The fourth-order valence-corrected chi connectivity index (χ4v) is 16.7. The molecule has 36 heteroatoms. The number of benzene rings is 1. The number of methoxy groups -OCH3 is 2. The molecule has 1 aliphatic carbocycles. The minimum atomic E-state index is -2.50. The second kappa shape index (κ2) is 52.7. The smallest absolute Gasteiger partial charge is 0.407 e. The van der Waals surface area contributed by atoms with Crippen LogP contribution >= 0.6 is 0 Å². The first kappa shape index (κ1) is 101. The van der Waals surface area contributed by atoms with Gasteiger partial charge in [-0.3, -0.25) is 19.2 Å². The number of aryl methyl sites for hydroxylation is 2.